The molecule has 6 nitrogen and oxygen atoms in total. The van der Waals surface area contributed by atoms with Crippen LogP contribution in [0.15, 0.2) is 64.2 Å². The maximum Gasteiger partial charge on any atom is 0.254 e. The number of benzene rings is 1. The van der Waals surface area contributed by atoms with Gasteiger partial charge in [-0.2, -0.15) is 0 Å². The number of carbonyl (C=O) groups excluding carboxylic acids is 2. The minimum atomic E-state index is -0.470. The van der Waals surface area contributed by atoms with Crippen LogP contribution in [-0.4, -0.2) is 22.6 Å². The molecular formula is C19H16ClN3O3S. The van der Waals surface area contributed by atoms with Gasteiger partial charge >= 0.3 is 0 Å². The minimum Gasteiger partial charge on any atom is -0.459 e. The Morgan fingerprint density at radius 3 is 2.67 bits per heavy atom. The zero-order chi connectivity index (χ0) is 19.2. The molecule has 0 spiro atoms. The summed E-state index contributed by atoms with van der Waals surface area (Å²) in [7, 11) is 0. The van der Waals surface area contributed by atoms with Crippen molar-refractivity contribution in [2.45, 2.75) is 11.6 Å². The van der Waals surface area contributed by atoms with E-state index >= 15 is 0 Å². The third kappa shape index (κ3) is 5.12. The SMILES string of the molecule is NC(=O)CSc1ncccc1C(=O)NCc1ccc(-c2ccc(Cl)cc2)o1. The summed E-state index contributed by atoms with van der Waals surface area (Å²) in [4.78, 5) is 27.6. The summed E-state index contributed by atoms with van der Waals surface area (Å²) < 4.78 is 5.77. The van der Waals surface area contributed by atoms with Crippen molar-refractivity contribution in [1.29, 1.82) is 0 Å². The van der Waals surface area contributed by atoms with Crippen LogP contribution in [0.25, 0.3) is 11.3 Å². The molecule has 0 fully saturated rings. The van der Waals surface area contributed by atoms with Gasteiger partial charge in [0, 0.05) is 16.8 Å². The fourth-order valence-corrected chi connectivity index (χ4v) is 3.18. The van der Waals surface area contributed by atoms with Gasteiger partial charge in [0.1, 0.15) is 16.5 Å². The van der Waals surface area contributed by atoms with E-state index in [0.29, 0.717) is 27.1 Å². The van der Waals surface area contributed by atoms with Gasteiger partial charge < -0.3 is 15.5 Å². The molecule has 3 rings (SSSR count). The topological polar surface area (TPSA) is 98.2 Å². The number of thioether (sulfide) groups is 1. The summed E-state index contributed by atoms with van der Waals surface area (Å²) in [5.41, 5.74) is 6.43. The molecule has 0 saturated carbocycles. The molecule has 3 N–H and O–H groups in total. The molecule has 3 aromatic rings. The number of rotatable bonds is 7. The zero-order valence-corrected chi connectivity index (χ0v) is 15.7. The molecule has 0 unspecified atom stereocenters. The van der Waals surface area contributed by atoms with Crippen molar-refractivity contribution in [3.05, 3.63) is 71.1 Å². The maximum atomic E-state index is 12.5. The molecule has 0 aliphatic heterocycles. The molecule has 0 bridgehead atoms. The fraction of sp³-hybridized carbons (Fsp3) is 0.105. The van der Waals surface area contributed by atoms with E-state index in [4.69, 9.17) is 21.8 Å². The Morgan fingerprint density at radius 2 is 1.93 bits per heavy atom. The lowest BCUT2D eigenvalue weighted by molar-refractivity contribution is -0.115. The van der Waals surface area contributed by atoms with E-state index in [9.17, 15) is 9.59 Å². The molecule has 138 valence electrons. The first kappa shape index (κ1) is 19.0. The number of carbonyl (C=O) groups is 2. The number of hydrogen-bond acceptors (Lipinski definition) is 5. The number of nitrogens with two attached hydrogens (primary N) is 1. The molecule has 0 aliphatic carbocycles. The number of hydrogen-bond donors (Lipinski definition) is 2. The van der Waals surface area contributed by atoms with Crippen LogP contribution in [0.3, 0.4) is 0 Å². The molecule has 8 heteroatoms. The first-order valence-corrected chi connectivity index (χ1v) is 9.38. The van der Waals surface area contributed by atoms with Crippen LogP contribution >= 0.6 is 23.4 Å². The van der Waals surface area contributed by atoms with Crippen LogP contribution in [0.2, 0.25) is 5.02 Å². The van der Waals surface area contributed by atoms with Gasteiger partial charge in [0.2, 0.25) is 5.91 Å². The third-order valence-electron chi connectivity index (χ3n) is 3.58. The highest BCUT2D eigenvalue weighted by molar-refractivity contribution is 8.00. The van der Waals surface area contributed by atoms with Gasteiger partial charge in [0.05, 0.1) is 17.9 Å². The summed E-state index contributed by atoms with van der Waals surface area (Å²) in [6.07, 6.45) is 1.56. The van der Waals surface area contributed by atoms with Crippen LogP contribution in [0.1, 0.15) is 16.1 Å². The number of furan rings is 1. The lowest BCUT2D eigenvalue weighted by atomic mass is 10.2. The van der Waals surface area contributed by atoms with Crippen molar-refractivity contribution in [1.82, 2.24) is 10.3 Å². The van der Waals surface area contributed by atoms with Crippen molar-refractivity contribution in [2.75, 3.05) is 5.75 Å². The molecule has 0 saturated heterocycles. The van der Waals surface area contributed by atoms with Crippen LogP contribution in [0.5, 0.6) is 0 Å². The van der Waals surface area contributed by atoms with E-state index in [-0.39, 0.29) is 18.2 Å². The fourth-order valence-electron chi connectivity index (χ4n) is 2.32. The number of amides is 2. The standard InChI is InChI=1S/C19H16ClN3O3S/c20-13-5-3-12(4-6-13)16-8-7-14(26-16)10-23-18(25)15-2-1-9-22-19(15)27-11-17(21)24/h1-9H,10-11H2,(H2,21,24)(H,23,25). The Labute approximate surface area is 165 Å². The second-order valence-electron chi connectivity index (χ2n) is 5.57. The normalized spacial score (nSPS) is 10.6. The second kappa shape index (κ2) is 8.75. The number of nitrogens with one attached hydrogen (secondary N) is 1. The van der Waals surface area contributed by atoms with Gasteiger partial charge in [0.15, 0.2) is 0 Å². The van der Waals surface area contributed by atoms with Crippen LogP contribution in [0, 0.1) is 0 Å². The first-order valence-electron chi connectivity index (χ1n) is 8.02. The smallest absolute Gasteiger partial charge is 0.254 e. The molecular weight excluding hydrogens is 386 g/mol. The van der Waals surface area contributed by atoms with Crippen molar-refractivity contribution >= 4 is 35.2 Å². The average Bonchev–Trinajstić information content (AvgIpc) is 3.14. The first-order chi connectivity index (χ1) is 13.0. The predicted octanol–water partition coefficient (Wildman–Crippen LogP) is 3.50. The molecule has 2 heterocycles. The third-order valence-corrected chi connectivity index (χ3v) is 4.86. The van der Waals surface area contributed by atoms with E-state index < -0.39 is 5.91 Å². The number of primary amides is 1. The van der Waals surface area contributed by atoms with Gasteiger partial charge in [-0.3, -0.25) is 9.59 Å². The Bertz CT molecular complexity index is 957. The van der Waals surface area contributed by atoms with Crippen molar-refractivity contribution in [3.63, 3.8) is 0 Å². The van der Waals surface area contributed by atoms with Gasteiger partial charge in [-0.05, 0) is 48.5 Å². The summed E-state index contributed by atoms with van der Waals surface area (Å²) >= 11 is 7.02. The van der Waals surface area contributed by atoms with Gasteiger partial charge in [0.25, 0.3) is 5.91 Å². The van der Waals surface area contributed by atoms with Gasteiger partial charge in [-0.15, -0.1) is 0 Å². The molecule has 2 amide bonds. The Morgan fingerprint density at radius 1 is 1.15 bits per heavy atom. The highest BCUT2D eigenvalue weighted by atomic mass is 35.5. The monoisotopic (exact) mass is 401 g/mol. The molecule has 1 aromatic carbocycles. The number of nitrogens with zero attached hydrogens (tertiary/aromatic N) is 1. The lowest BCUT2D eigenvalue weighted by Crippen LogP contribution is -2.23. The van der Waals surface area contributed by atoms with Crippen LogP contribution in [0.4, 0.5) is 0 Å². The average molecular weight is 402 g/mol. The van der Waals surface area contributed by atoms with Crippen LogP contribution in [-0.2, 0) is 11.3 Å². The van der Waals surface area contributed by atoms with E-state index in [1.807, 2.05) is 18.2 Å². The van der Waals surface area contributed by atoms with Crippen molar-refractivity contribution in [2.24, 2.45) is 5.73 Å². The predicted molar refractivity (Wildman–Crippen MR) is 104 cm³/mol. The maximum absolute atomic E-state index is 12.5. The number of pyridine rings is 1. The molecule has 2 aromatic heterocycles. The summed E-state index contributed by atoms with van der Waals surface area (Å²) in [5.74, 6) is 0.584. The molecule has 0 radical (unpaired) electrons. The zero-order valence-electron chi connectivity index (χ0n) is 14.1. The Balaban J connectivity index is 1.65. The summed E-state index contributed by atoms with van der Waals surface area (Å²) in [6, 6.07) is 14.2. The van der Waals surface area contributed by atoms with Gasteiger partial charge in [-0.1, -0.05) is 23.4 Å². The van der Waals surface area contributed by atoms with E-state index in [1.54, 1.807) is 36.5 Å². The minimum absolute atomic E-state index is 0.0555. The highest BCUT2D eigenvalue weighted by Crippen LogP contribution is 2.24. The summed E-state index contributed by atoms with van der Waals surface area (Å²) in [5, 5.41) is 3.90. The largest absolute Gasteiger partial charge is 0.459 e. The number of halogens is 1. The second-order valence-corrected chi connectivity index (χ2v) is 6.97. The Hall–Kier alpha value is -2.77. The number of aromatic nitrogens is 1. The molecule has 0 aliphatic rings. The van der Waals surface area contributed by atoms with E-state index in [2.05, 4.69) is 10.3 Å². The quantitative estimate of drug-likeness (QED) is 0.590. The van der Waals surface area contributed by atoms with Gasteiger partial charge in [-0.25, -0.2) is 4.98 Å². The summed E-state index contributed by atoms with van der Waals surface area (Å²) in [6.45, 7) is 0.223. The lowest BCUT2D eigenvalue weighted by Gasteiger charge is -2.07. The van der Waals surface area contributed by atoms with E-state index in [0.717, 1.165) is 17.3 Å². The van der Waals surface area contributed by atoms with Crippen LogP contribution < -0.4 is 11.1 Å². The molecule has 0 atom stereocenters. The Kier molecular flexibility index (Phi) is 6.16. The van der Waals surface area contributed by atoms with E-state index in [1.165, 1.54) is 0 Å². The highest BCUT2D eigenvalue weighted by Gasteiger charge is 2.14. The molecule has 27 heavy (non-hydrogen) atoms. The van der Waals surface area contributed by atoms with Crippen molar-refractivity contribution < 1.29 is 14.0 Å². The van der Waals surface area contributed by atoms with Crippen molar-refractivity contribution in [3.8, 4) is 11.3 Å².